The maximum absolute atomic E-state index is 13.4. The number of aromatic amines is 1. The molecule has 0 spiro atoms. The number of rotatable bonds is 2. The Morgan fingerprint density at radius 1 is 1.32 bits per heavy atom. The minimum atomic E-state index is -0.380. The quantitative estimate of drug-likeness (QED) is 0.927. The summed E-state index contributed by atoms with van der Waals surface area (Å²) in [6.45, 7) is 2.34. The summed E-state index contributed by atoms with van der Waals surface area (Å²) < 4.78 is 13.4. The van der Waals surface area contributed by atoms with Crippen molar-refractivity contribution in [2.45, 2.75) is 25.8 Å². The molecule has 0 saturated carbocycles. The lowest BCUT2D eigenvalue weighted by molar-refractivity contribution is 0.0733. The molecule has 1 aromatic heterocycles. The Morgan fingerprint density at radius 3 is 2.86 bits per heavy atom. The van der Waals surface area contributed by atoms with Gasteiger partial charge in [-0.3, -0.25) is 9.59 Å². The zero-order valence-electron chi connectivity index (χ0n) is 12.3. The van der Waals surface area contributed by atoms with Crippen molar-refractivity contribution in [2.24, 2.45) is 0 Å². The fourth-order valence-electron chi connectivity index (χ4n) is 2.97. The first kappa shape index (κ1) is 14.5. The van der Waals surface area contributed by atoms with Crippen LogP contribution in [0.3, 0.4) is 0 Å². The van der Waals surface area contributed by atoms with Gasteiger partial charge in [0.15, 0.2) is 0 Å². The Kier molecular flexibility index (Phi) is 3.79. The Morgan fingerprint density at radius 2 is 2.14 bits per heavy atom. The standard InChI is InChI=1S/C17H17FN2O2/c1-11-7-8-14(16(21)19-11)17(22)20-9-3-6-15(20)12-4-2-5-13(18)10-12/h2,4-5,7-8,10,15H,3,6,9H2,1H3,(H,19,21)/t15-/m0/s1. The first-order valence-electron chi connectivity index (χ1n) is 7.32. The molecule has 4 nitrogen and oxygen atoms in total. The summed E-state index contributed by atoms with van der Waals surface area (Å²) in [7, 11) is 0. The number of aryl methyl sites for hydroxylation is 1. The zero-order chi connectivity index (χ0) is 15.7. The van der Waals surface area contributed by atoms with Crippen molar-refractivity contribution in [2.75, 3.05) is 6.54 Å². The van der Waals surface area contributed by atoms with E-state index < -0.39 is 0 Å². The predicted octanol–water partition coefficient (Wildman–Crippen LogP) is 2.80. The highest BCUT2D eigenvalue weighted by Gasteiger charge is 2.31. The average Bonchev–Trinajstić information content (AvgIpc) is 2.96. The molecular formula is C17H17FN2O2. The van der Waals surface area contributed by atoms with Gasteiger partial charge in [0.2, 0.25) is 0 Å². The third-order valence-corrected chi connectivity index (χ3v) is 4.03. The monoisotopic (exact) mass is 300 g/mol. The number of carbonyl (C=O) groups excluding carboxylic acids is 1. The molecule has 1 N–H and O–H groups in total. The van der Waals surface area contributed by atoms with Gasteiger partial charge in [0, 0.05) is 12.2 Å². The number of amides is 1. The number of hydrogen-bond acceptors (Lipinski definition) is 2. The minimum absolute atomic E-state index is 0.133. The number of halogens is 1. The van der Waals surface area contributed by atoms with E-state index in [4.69, 9.17) is 0 Å². The van der Waals surface area contributed by atoms with Gasteiger partial charge in [-0.2, -0.15) is 0 Å². The van der Waals surface area contributed by atoms with Gasteiger partial charge < -0.3 is 9.88 Å². The predicted molar refractivity (Wildman–Crippen MR) is 81.2 cm³/mol. The molecule has 0 aliphatic carbocycles. The highest BCUT2D eigenvalue weighted by atomic mass is 19.1. The van der Waals surface area contributed by atoms with Crippen LogP contribution < -0.4 is 5.56 Å². The Bertz CT molecular complexity index is 769. The van der Waals surface area contributed by atoms with Gasteiger partial charge in [-0.05, 0) is 49.6 Å². The average molecular weight is 300 g/mol. The van der Waals surface area contributed by atoms with Gasteiger partial charge in [-0.1, -0.05) is 12.1 Å². The van der Waals surface area contributed by atoms with Gasteiger partial charge in [-0.15, -0.1) is 0 Å². The first-order chi connectivity index (χ1) is 10.6. The molecule has 1 aliphatic heterocycles. The highest BCUT2D eigenvalue weighted by Crippen LogP contribution is 2.32. The van der Waals surface area contributed by atoms with E-state index in [0.29, 0.717) is 12.2 Å². The molecule has 1 saturated heterocycles. The van der Waals surface area contributed by atoms with Gasteiger partial charge in [-0.25, -0.2) is 4.39 Å². The number of nitrogens with one attached hydrogen (secondary N) is 1. The molecule has 22 heavy (non-hydrogen) atoms. The van der Waals surface area contributed by atoms with Crippen LogP contribution in [0, 0.1) is 12.7 Å². The van der Waals surface area contributed by atoms with Gasteiger partial charge in [0.1, 0.15) is 11.4 Å². The molecule has 0 bridgehead atoms. The molecule has 1 aromatic carbocycles. The van der Waals surface area contributed by atoms with Crippen LogP contribution in [0.2, 0.25) is 0 Å². The topological polar surface area (TPSA) is 53.2 Å². The third-order valence-electron chi connectivity index (χ3n) is 4.03. The van der Waals surface area contributed by atoms with Gasteiger partial charge in [0.25, 0.3) is 11.5 Å². The Balaban J connectivity index is 1.93. The molecule has 2 heterocycles. The molecule has 1 aliphatic rings. The normalized spacial score (nSPS) is 17.7. The Labute approximate surface area is 127 Å². The number of likely N-dealkylation sites (tertiary alicyclic amines) is 1. The van der Waals surface area contributed by atoms with Gasteiger partial charge in [0.05, 0.1) is 6.04 Å². The summed E-state index contributed by atoms with van der Waals surface area (Å²) >= 11 is 0. The Hall–Kier alpha value is -2.43. The van der Waals surface area contributed by atoms with Crippen LogP contribution in [-0.4, -0.2) is 22.3 Å². The first-order valence-corrected chi connectivity index (χ1v) is 7.32. The maximum Gasteiger partial charge on any atom is 0.260 e. The molecule has 5 heteroatoms. The van der Waals surface area contributed by atoms with Crippen molar-refractivity contribution in [3.63, 3.8) is 0 Å². The third kappa shape index (κ3) is 2.66. The van der Waals surface area contributed by atoms with Crippen LogP contribution in [0.5, 0.6) is 0 Å². The van der Waals surface area contributed by atoms with Crippen molar-refractivity contribution in [1.82, 2.24) is 9.88 Å². The summed E-state index contributed by atoms with van der Waals surface area (Å²) in [5.41, 5.74) is 1.24. The van der Waals surface area contributed by atoms with Crippen molar-refractivity contribution < 1.29 is 9.18 Å². The van der Waals surface area contributed by atoms with Crippen LogP contribution in [0.15, 0.2) is 41.2 Å². The maximum atomic E-state index is 13.4. The van der Waals surface area contributed by atoms with Crippen LogP contribution in [-0.2, 0) is 0 Å². The van der Waals surface area contributed by atoms with Gasteiger partial charge >= 0.3 is 0 Å². The molecular weight excluding hydrogens is 283 g/mol. The lowest BCUT2D eigenvalue weighted by Gasteiger charge is -2.25. The van der Waals surface area contributed by atoms with Crippen molar-refractivity contribution >= 4 is 5.91 Å². The van der Waals surface area contributed by atoms with E-state index in [2.05, 4.69) is 4.98 Å². The molecule has 1 amide bonds. The van der Waals surface area contributed by atoms with E-state index in [0.717, 1.165) is 18.4 Å². The summed E-state index contributed by atoms with van der Waals surface area (Å²) in [5, 5.41) is 0. The van der Waals surface area contributed by atoms with Crippen LogP contribution in [0.25, 0.3) is 0 Å². The lowest BCUT2D eigenvalue weighted by Crippen LogP contribution is -2.34. The van der Waals surface area contributed by atoms with Crippen LogP contribution in [0.1, 0.15) is 40.5 Å². The van der Waals surface area contributed by atoms with Crippen molar-refractivity contribution in [3.05, 3.63) is 69.4 Å². The molecule has 0 unspecified atom stereocenters. The summed E-state index contributed by atoms with van der Waals surface area (Å²) in [5.74, 6) is -0.613. The minimum Gasteiger partial charge on any atom is -0.331 e. The molecule has 0 radical (unpaired) electrons. The molecule has 2 aromatic rings. The van der Waals surface area contributed by atoms with E-state index in [1.54, 1.807) is 30.0 Å². The second-order valence-electron chi connectivity index (χ2n) is 5.60. The van der Waals surface area contributed by atoms with Crippen LogP contribution in [0.4, 0.5) is 4.39 Å². The van der Waals surface area contributed by atoms with E-state index in [9.17, 15) is 14.0 Å². The summed E-state index contributed by atoms with van der Waals surface area (Å²) in [4.78, 5) is 28.9. The number of benzene rings is 1. The number of aromatic nitrogens is 1. The van der Waals surface area contributed by atoms with Crippen molar-refractivity contribution in [1.29, 1.82) is 0 Å². The number of hydrogen-bond donors (Lipinski definition) is 1. The smallest absolute Gasteiger partial charge is 0.260 e. The SMILES string of the molecule is Cc1ccc(C(=O)N2CCC[C@H]2c2cccc(F)c2)c(=O)[nH]1. The largest absolute Gasteiger partial charge is 0.331 e. The molecule has 1 atom stereocenters. The fraction of sp³-hybridized carbons (Fsp3) is 0.294. The van der Waals surface area contributed by atoms with E-state index >= 15 is 0 Å². The molecule has 3 rings (SSSR count). The molecule has 114 valence electrons. The summed E-state index contributed by atoms with van der Waals surface area (Å²) in [6, 6.07) is 9.39. The number of H-pyrrole nitrogens is 1. The molecule has 1 fully saturated rings. The van der Waals surface area contributed by atoms with E-state index in [1.165, 1.54) is 12.1 Å². The lowest BCUT2D eigenvalue weighted by atomic mass is 10.0. The van der Waals surface area contributed by atoms with E-state index in [-0.39, 0.29) is 28.9 Å². The highest BCUT2D eigenvalue weighted by molar-refractivity contribution is 5.94. The fourth-order valence-corrected chi connectivity index (χ4v) is 2.97. The number of nitrogens with zero attached hydrogens (tertiary/aromatic N) is 1. The second-order valence-corrected chi connectivity index (χ2v) is 5.60. The summed E-state index contributed by atoms with van der Waals surface area (Å²) in [6.07, 6.45) is 1.62. The number of pyridine rings is 1. The second kappa shape index (κ2) is 5.75. The van der Waals surface area contributed by atoms with Crippen molar-refractivity contribution in [3.8, 4) is 0 Å². The van der Waals surface area contributed by atoms with Crippen LogP contribution >= 0.6 is 0 Å². The zero-order valence-corrected chi connectivity index (χ0v) is 12.3. The number of carbonyl (C=O) groups is 1. The van der Waals surface area contributed by atoms with E-state index in [1.807, 2.05) is 6.07 Å².